The van der Waals surface area contributed by atoms with Gasteiger partial charge in [0, 0.05) is 10.0 Å². The summed E-state index contributed by atoms with van der Waals surface area (Å²) in [4.78, 5) is 11.3. The summed E-state index contributed by atoms with van der Waals surface area (Å²) in [6.45, 7) is 3.17. The van der Waals surface area contributed by atoms with Crippen molar-refractivity contribution in [2.75, 3.05) is 7.11 Å². The van der Waals surface area contributed by atoms with Gasteiger partial charge in [0.1, 0.15) is 5.75 Å². The summed E-state index contributed by atoms with van der Waals surface area (Å²) in [7, 11) is 1.50. The number of aliphatic hydroxyl groups is 1. The molecule has 1 rings (SSSR count). The van der Waals surface area contributed by atoms with Crippen LogP contribution < -0.4 is 4.74 Å². The molecule has 0 radical (unpaired) electrons. The first kappa shape index (κ1) is 15.9. The van der Waals surface area contributed by atoms with Crippen molar-refractivity contribution in [1.82, 2.24) is 0 Å². The Morgan fingerprint density at radius 1 is 1.37 bits per heavy atom. The molecule has 0 saturated carbocycles. The van der Waals surface area contributed by atoms with E-state index < -0.39 is 24.3 Å². The molecule has 2 N–H and O–H groups in total. The summed E-state index contributed by atoms with van der Waals surface area (Å²) in [5.41, 5.74) is 0.444. The number of hydrogen-bond donors (Lipinski definition) is 2. The van der Waals surface area contributed by atoms with Gasteiger partial charge in [-0.1, -0.05) is 15.9 Å². The smallest absolute Gasteiger partial charge is 0.337 e. The van der Waals surface area contributed by atoms with Gasteiger partial charge < -0.3 is 19.7 Å². The van der Waals surface area contributed by atoms with Crippen LogP contribution in [-0.4, -0.2) is 35.5 Å². The first-order valence-electron chi connectivity index (χ1n) is 5.76. The van der Waals surface area contributed by atoms with E-state index in [4.69, 9.17) is 9.47 Å². The maximum Gasteiger partial charge on any atom is 0.337 e. The first-order chi connectivity index (χ1) is 8.86. The van der Waals surface area contributed by atoms with Crippen LogP contribution >= 0.6 is 15.9 Å². The highest BCUT2D eigenvalue weighted by Gasteiger charge is 2.27. The standard InChI is InChI=1S/C13H17BrO5/c1-7(15)8(2)19-12(13(16)17)10-6-9(18-3)4-5-11(10)14/h4-8,12,15H,1-3H3,(H,16,17). The summed E-state index contributed by atoms with van der Waals surface area (Å²) in [5, 5.41) is 18.7. The van der Waals surface area contributed by atoms with Crippen molar-refractivity contribution in [2.45, 2.75) is 32.2 Å². The maximum atomic E-state index is 11.3. The summed E-state index contributed by atoms with van der Waals surface area (Å²) in [6, 6.07) is 5.00. The number of aliphatic hydroxyl groups excluding tert-OH is 1. The lowest BCUT2D eigenvalue weighted by Crippen LogP contribution is -2.28. The molecule has 19 heavy (non-hydrogen) atoms. The Hall–Kier alpha value is -1.11. The molecule has 0 aliphatic carbocycles. The van der Waals surface area contributed by atoms with Gasteiger partial charge in [-0.25, -0.2) is 4.79 Å². The summed E-state index contributed by atoms with van der Waals surface area (Å²) >= 11 is 3.29. The number of aliphatic carboxylic acids is 1. The normalized spacial score (nSPS) is 15.6. The second kappa shape index (κ2) is 6.88. The molecule has 5 nitrogen and oxygen atoms in total. The van der Waals surface area contributed by atoms with E-state index in [1.807, 2.05) is 0 Å². The van der Waals surface area contributed by atoms with Crippen LogP contribution in [0.4, 0.5) is 0 Å². The van der Waals surface area contributed by atoms with E-state index >= 15 is 0 Å². The third-order valence-electron chi connectivity index (χ3n) is 2.74. The molecule has 0 amide bonds. The third kappa shape index (κ3) is 4.19. The number of carboxylic acid groups (broad SMARTS) is 1. The van der Waals surface area contributed by atoms with Gasteiger partial charge in [-0.3, -0.25) is 0 Å². The average molecular weight is 333 g/mol. The van der Waals surface area contributed by atoms with Crippen LogP contribution in [0.25, 0.3) is 0 Å². The van der Waals surface area contributed by atoms with E-state index in [2.05, 4.69) is 15.9 Å². The maximum absolute atomic E-state index is 11.3. The summed E-state index contributed by atoms with van der Waals surface area (Å²) in [5.74, 6) is -0.584. The van der Waals surface area contributed by atoms with Crippen LogP contribution in [0, 0.1) is 0 Å². The molecule has 0 aliphatic heterocycles. The number of rotatable bonds is 6. The third-order valence-corrected chi connectivity index (χ3v) is 3.46. The van der Waals surface area contributed by atoms with E-state index in [1.54, 1.807) is 32.0 Å². The molecule has 3 unspecified atom stereocenters. The number of methoxy groups -OCH3 is 1. The summed E-state index contributed by atoms with van der Waals surface area (Å²) in [6.07, 6.45) is -2.53. The topological polar surface area (TPSA) is 76.0 Å². The molecule has 0 saturated heterocycles. The van der Waals surface area contributed by atoms with E-state index in [1.165, 1.54) is 7.11 Å². The molecule has 0 aromatic heterocycles. The molecule has 0 bridgehead atoms. The Balaban J connectivity index is 3.08. The fraction of sp³-hybridized carbons (Fsp3) is 0.462. The van der Waals surface area contributed by atoms with Gasteiger partial charge in [-0.05, 0) is 32.0 Å². The van der Waals surface area contributed by atoms with Gasteiger partial charge in [0.05, 0.1) is 19.3 Å². The molecule has 106 valence electrons. The Kier molecular flexibility index (Phi) is 5.78. The minimum absolute atomic E-state index is 0.444. The van der Waals surface area contributed by atoms with Crippen LogP contribution in [0.2, 0.25) is 0 Å². The highest BCUT2D eigenvalue weighted by Crippen LogP contribution is 2.31. The predicted molar refractivity (Wildman–Crippen MR) is 73.3 cm³/mol. The lowest BCUT2D eigenvalue weighted by atomic mass is 10.1. The second-order valence-corrected chi connectivity index (χ2v) is 5.04. The van der Waals surface area contributed by atoms with Crippen molar-refractivity contribution in [2.24, 2.45) is 0 Å². The monoisotopic (exact) mass is 332 g/mol. The molecule has 6 heteroatoms. The van der Waals surface area contributed by atoms with Crippen LogP contribution in [0.5, 0.6) is 5.75 Å². The van der Waals surface area contributed by atoms with Gasteiger partial charge in [-0.2, -0.15) is 0 Å². The van der Waals surface area contributed by atoms with Crippen molar-refractivity contribution < 1.29 is 24.5 Å². The number of benzene rings is 1. The number of hydrogen-bond acceptors (Lipinski definition) is 4. The minimum Gasteiger partial charge on any atom is -0.497 e. The quantitative estimate of drug-likeness (QED) is 0.836. The lowest BCUT2D eigenvalue weighted by Gasteiger charge is -2.22. The number of carboxylic acids is 1. The number of halogens is 1. The van der Waals surface area contributed by atoms with Gasteiger partial charge in [0.2, 0.25) is 0 Å². The Morgan fingerprint density at radius 2 is 2.00 bits per heavy atom. The lowest BCUT2D eigenvalue weighted by molar-refractivity contribution is -0.158. The van der Waals surface area contributed by atoms with Crippen molar-refractivity contribution in [3.63, 3.8) is 0 Å². The van der Waals surface area contributed by atoms with E-state index in [9.17, 15) is 15.0 Å². The summed E-state index contributed by atoms with van der Waals surface area (Å²) < 4.78 is 11.1. The van der Waals surface area contributed by atoms with E-state index in [0.29, 0.717) is 15.8 Å². The van der Waals surface area contributed by atoms with Crippen molar-refractivity contribution >= 4 is 21.9 Å². The molecular weight excluding hydrogens is 316 g/mol. The molecule has 0 spiro atoms. The minimum atomic E-state index is -1.17. The Bertz CT molecular complexity index is 447. The molecule has 0 heterocycles. The Labute approximate surface area is 120 Å². The molecule has 1 aromatic rings. The van der Waals surface area contributed by atoms with Gasteiger partial charge in [0.15, 0.2) is 6.10 Å². The number of carbonyl (C=O) groups is 1. The highest BCUT2D eigenvalue weighted by molar-refractivity contribution is 9.10. The van der Waals surface area contributed by atoms with Crippen LogP contribution in [0.3, 0.4) is 0 Å². The second-order valence-electron chi connectivity index (χ2n) is 4.19. The van der Waals surface area contributed by atoms with Gasteiger partial charge in [0.25, 0.3) is 0 Å². The molecule has 3 atom stereocenters. The van der Waals surface area contributed by atoms with E-state index in [-0.39, 0.29) is 0 Å². The highest BCUT2D eigenvalue weighted by atomic mass is 79.9. The molecule has 0 fully saturated rings. The van der Waals surface area contributed by atoms with Gasteiger partial charge >= 0.3 is 5.97 Å². The van der Waals surface area contributed by atoms with Crippen molar-refractivity contribution in [1.29, 1.82) is 0 Å². The van der Waals surface area contributed by atoms with Crippen LogP contribution in [0.1, 0.15) is 25.5 Å². The molecular formula is C13H17BrO5. The van der Waals surface area contributed by atoms with Crippen LogP contribution in [0.15, 0.2) is 22.7 Å². The van der Waals surface area contributed by atoms with Gasteiger partial charge in [-0.15, -0.1) is 0 Å². The zero-order valence-electron chi connectivity index (χ0n) is 11.0. The fourth-order valence-corrected chi connectivity index (χ4v) is 1.90. The molecule has 1 aromatic carbocycles. The van der Waals surface area contributed by atoms with E-state index in [0.717, 1.165) is 0 Å². The zero-order chi connectivity index (χ0) is 14.6. The van der Waals surface area contributed by atoms with Crippen LogP contribution in [-0.2, 0) is 9.53 Å². The first-order valence-corrected chi connectivity index (χ1v) is 6.56. The molecule has 0 aliphatic rings. The van der Waals surface area contributed by atoms with Crippen molar-refractivity contribution in [3.8, 4) is 5.75 Å². The fourth-order valence-electron chi connectivity index (χ4n) is 1.44. The average Bonchev–Trinajstić information content (AvgIpc) is 2.36. The predicted octanol–water partition coefficient (Wildman–Crippen LogP) is 2.37. The zero-order valence-corrected chi connectivity index (χ0v) is 12.5. The number of ether oxygens (including phenoxy) is 2. The Morgan fingerprint density at radius 3 is 2.47 bits per heavy atom. The largest absolute Gasteiger partial charge is 0.497 e. The SMILES string of the molecule is COc1ccc(Br)c(C(OC(C)C(C)O)C(=O)O)c1. The van der Waals surface area contributed by atoms with Crippen molar-refractivity contribution in [3.05, 3.63) is 28.2 Å².